The Balaban J connectivity index is 1.63. The molecular weight excluding hydrogens is 426 g/mol. The van der Waals surface area contributed by atoms with Crippen LogP contribution >= 0.6 is 11.6 Å². The van der Waals surface area contributed by atoms with Crippen LogP contribution in [0.5, 0.6) is 0 Å². The summed E-state index contributed by atoms with van der Waals surface area (Å²) in [6.45, 7) is 7.33. The molecule has 168 valence electrons. The lowest BCUT2D eigenvalue weighted by Crippen LogP contribution is -2.48. The number of tetrazole rings is 1. The van der Waals surface area contributed by atoms with Crippen molar-refractivity contribution < 1.29 is 9.53 Å². The molecule has 1 fully saturated rings. The summed E-state index contributed by atoms with van der Waals surface area (Å²) >= 11 is 6.04. The van der Waals surface area contributed by atoms with Gasteiger partial charge in [-0.3, -0.25) is 0 Å². The lowest BCUT2D eigenvalue weighted by molar-refractivity contribution is 0.0175. The van der Waals surface area contributed by atoms with Gasteiger partial charge in [-0.1, -0.05) is 54.1 Å². The van der Waals surface area contributed by atoms with Gasteiger partial charge in [0.25, 0.3) is 0 Å². The smallest absolute Gasteiger partial charge is 0.410 e. The van der Waals surface area contributed by atoms with E-state index < -0.39 is 11.0 Å². The van der Waals surface area contributed by atoms with Crippen LogP contribution in [-0.4, -0.2) is 49.9 Å². The molecule has 0 bridgehead atoms. The van der Waals surface area contributed by atoms with E-state index in [0.717, 1.165) is 17.0 Å². The molecule has 1 saturated heterocycles. The van der Waals surface area contributed by atoms with Gasteiger partial charge in [-0.05, 0) is 67.3 Å². The second-order valence-electron chi connectivity index (χ2n) is 9.20. The number of piperidine rings is 1. The van der Waals surface area contributed by atoms with E-state index in [4.69, 9.17) is 16.3 Å². The van der Waals surface area contributed by atoms with Crippen LogP contribution in [0, 0.1) is 0 Å². The molecule has 0 saturated carbocycles. The van der Waals surface area contributed by atoms with Crippen LogP contribution in [-0.2, 0) is 16.7 Å². The molecular formula is C24H28ClN5O2. The van der Waals surface area contributed by atoms with Crippen molar-refractivity contribution in [1.82, 2.24) is 25.1 Å². The Morgan fingerprint density at radius 1 is 1.06 bits per heavy atom. The van der Waals surface area contributed by atoms with Gasteiger partial charge in [0, 0.05) is 18.1 Å². The molecule has 3 aromatic rings. The minimum absolute atomic E-state index is 0.278. The monoisotopic (exact) mass is 453 g/mol. The fourth-order valence-electron chi connectivity index (χ4n) is 4.21. The zero-order valence-electron chi connectivity index (χ0n) is 18.7. The molecule has 0 aliphatic carbocycles. The number of carbonyl (C=O) groups is 1. The topological polar surface area (TPSA) is 73.1 Å². The van der Waals surface area contributed by atoms with Crippen LogP contribution in [0.1, 0.15) is 50.6 Å². The molecule has 8 heteroatoms. The van der Waals surface area contributed by atoms with Gasteiger partial charge < -0.3 is 9.64 Å². The van der Waals surface area contributed by atoms with E-state index in [1.54, 1.807) is 4.90 Å². The first kappa shape index (κ1) is 22.3. The third-order valence-electron chi connectivity index (χ3n) is 5.80. The minimum Gasteiger partial charge on any atom is -0.444 e. The first-order chi connectivity index (χ1) is 15.3. The van der Waals surface area contributed by atoms with Gasteiger partial charge in [0.1, 0.15) is 5.60 Å². The number of rotatable bonds is 4. The van der Waals surface area contributed by atoms with E-state index in [1.807, 2.05) is 67.9 Å². The molecule has 2 heterocycles. The van der Waals surface area contributed by atoms with Crippen LogP contribution in [0.25, 0.3) is 0 Å². The summed E-state index contributed by atoms with van der Waals surface area (Å²) in [5, 5.41) is 13.5. The van der Waals surface area contributed by atoms with Gasteiger partial charge in [-0.25, -0.2) is 9.48 Å². The van der Waals surface area contributed by atoms with Crippen LogP contribution in [0.4, 0.5) is 4.79 Å². The van der Waals surface area contributed by atoms with E-state index in [2.05, 4.69) is 27.7 Å². The maximum atomic E-state index is 12.6. The minimum atomic E-state index is -0.520. The van der Waals surface area contributed by atoms with Gasteiger partial charge in [-0.15, -0.1) is 5.10 Å². The Kier molecular flexibility index (Phi) is 6.20. The summed E-state index contributed by atoms with van der Waals surface area (Å²) in [5.74, 6) is 0.808. The summed E-state index contributed by atoms with van der Waals surface area (Å²) in [4.78, 5) is 14.4. The van der Waals surface area contributed by atoms with Crippen LogP contribution < -0.4 is 0 Å². The number of amides is 1. The average molecular weight is 454 g/mol. The number of ether oxygens (including phenoxy) is 1. The summed E-state index contributed by atoms with van der Waals surface area (Å²) < 4.78 is 7.45. The maximum Gasteiger partial charge on any atom is 0.410 e. The largest absolute Gasteiger partial charge is 0.444 e. The standard InChI is InChI=1S/C24H28ClN5O2/c1-23(2,3)32-22(31)29-15-13-24(14-16-29,19-7-5-4-6-8-19)21-26-27-28-30(21)17-18-9-11-20(25)12-10-18/h4-12H,13-17H2,1-3H3. The van der Waals surface area contributed by atoms with Gasteiger partial charge in [0.15, 0.2) is 5.82 Å². The molecule has 1 amide bonds. The van der Waals surface area contributed by atoms with Gasteiger partial charge in [0.2, 0.25) is 0 Å². The highest BCUT2D eigenvalue weighted by atomic mass is 35.5. The van der Waals surface area contributed by atoms with Gasteiger partial charge >= 0.3 is 6.09 Å². The number of halogens is 1. The molecule has 4 rings (SSSR count). The second-order valence-corrected chi connectivity index (χ2v) is 9.64. The molecule has 1 aliphatic rings. The summed E-state index contributed by atoms with van der Waals surface area (Å²) in [6, 6.07) is 18.0. The molecule has 32 heavy (non-hydrogen) atoms. The number of aromatic nitrogens is 4. The average Bonchev–Trinajstić information content (AvgIpc) is 3.23. The van der Waals surface area contributed by atoms with Crippen molar-refractivity contribution in [2.45, 2.75) is 51.2 Å². The summed E-state index contributed by atoms with van der Waals surface area (Å²) in [5.41, 5.74) is 1.30. The quantitative estimate of drug-likeness (QED) is 0.572. The fourth-order valence-corrected chi connectivity index (χ4v) is 4.34. The number of likely N-dealkylation sites (tertiary alicyclic amines) is 1. The molecule has 0 N–H and O–H groups in total. The number of carbonyl (C=O) groups excluding carboxylic acids is 1. The van der Waals surface area contributed by atoms with E-state index in [-0.39, 0.29) is 6.09 Å². The second kappa shape index (κ2) is 8.90. The molecule has 1 aromatic heterocycles. The molecule has 0 radical (unpaired) electrons. The number of hydrogen-bond acceptors (Lipinski definition) is 5. The fraction of sp³-hybridized carbons (Fsp3) is 0.417. The van der Waals surface area contributed by atoms with Crippen LogP contribution in [0.2, 0.25) is 5.02 Å². The zero-order valence-corrected chi connectivity index (χ0v) is 19.4. The van der Waals surface area contributed by atoms with Crippen molar-refractivity contribution in [3.05, 3.63) is 76.6 Å². The van der Waals surface area contributed by atoms with Crippen molar-refractivity contribution in [1.29, 1.82) is 0 Å². The normalized spacial score (nSPS) is 16.1. The zero-order chi connectivity index (χ0) is 22.8. The highest BCUT2D eigenvalue weighted by molar-refractivity contribution is 6.30. The number of hydrogen-bond donors (Lipinski definition) is 0. The summed E-state index contributed by atoms with van der Waals surface area (Å²) in [6.07, 6.45) is 1.13. The van der Waals surface area contributed by atoms with Gasteiger partial charge in [-0.2, -0.15) is 0 Å². The van der Waals surface area contributed by atoms with Crippen molar-refractivity contribution in [3.8, 4) is 0 Å². The predicted molar refractivity (Wildman–Crippen MR) is 123 cm³/mol. The Bertz CT molecular complexity index is 1050. The van der Waals surface area contributed by atoms with E-state index >= 15 is 0 Å². The van der Waals surface area contributed by atoms with Crippen molar-refractivity contribution >= 4 is 17.7 Å². The summed E-state index contributed by atoms with van der Waals surface area (Å²) in [7, 11) is 0. The third-order valence-corrected chi connectivity index (χ3v) is 6.05. The van der Waals surface area contributed by atoms with Gasteiger partial charge in [0.05, 0.1) is 12.0 Å². The Morgan fingerprint density at radius 2 is 1.72 bits per heavy atom. The van der Waals surface area contributed by atoms with Crippen LogP contribution in [0.3, 0.4) is 0 Å². The first-order valence-corrected chi connectivity index (χ1v) is 11.2. The van der Waals surface area contributed by atoms with E-state index in [1.165, 1.54) is 0 Å². The van der Waals surface area contributed by atoms with E-state index in [0.29, 0.717) is 37.5 Å². The van der Waals surface area contributed by atoms with Crippen LogP contribution in [0.15, 0.2) is 54.6 Å². The first-order valence-electron chi connectivity index (χ1n) is 10.8. The van der Waals surface area contributed by atoms with Crippen molar-refractivity contribution in [3.63, 3.8) is 0 Å². The highest BCUT2D eigenvalue weighted by Crippen LogP contribution is 2.41. The Hall–Kier alpha value is -2.93. The predicted octanol–water partition coefficient (Wildman–Crippen LogP) is 4.69. The molecule has 7 nitrogen and oxygen atoms in total. The maximum absolute atomic E-state index is 12.6. The van der Waals surface area contributed by atoms with Crippen molar-refractivity contribution in [2.75, 3.05) is 13.1 Å². The highest BCUT2D eigenvalue weighted by Gasteiger charge is 2.43. The Morgan fingerprint density at radius 3 is 2.34 bits per heavy atom. The molecule has 0 unspecified atom stereocenters. The molecule has 0 atom stereocenters. The molecule has 1 aliphatic heterocycles. The lowest BCUT2D eigenvalue weighted by Gasteiger charge is -2.41. The SMILES string of the molecule is CC(C)(C)OC(=O)N1CCC(c2ccccc2)(c2nnnn2Cc2ccc(Cl)cc2)CC1. The number of nitrogens with zero attached hydrogens (tertiary/aromatic N) is 5. The van der Waals surface area contributed by atoms with Crippen molar-refractivity contribution in [2.24, 2.45) is 0 Å². The number of benzene rings is 2. The Labute approximate surface area is 193 Å². The third kappa shape index (κ3) is 4.78. The molecule has 0 spiro atoms. The lowest BCUT2D eigenvalue weighted by atomic mass is 9.72. The molecule has 2 aromatic carbocycles. The van der Waals surface area contributed by atoms with E-state index in [9.17, 15) is 4.79 Å².